The van der Waals surface area contributed by atoms with E-state index in [0.717, 1.165) is 18.9 Å². The van der Waals surface area contributed by atoms with Gasteiger partial charge in [-0.2, -0.15) is 23.4 Å². The van der Waals surface area contributed by atoms with Crippen molar-refractivity contribution in [3.8, 4) is 11.4 Å². The topological polar surface area (TPSA) is 74.8 Å². The van der Waals surface area contributed by atoms with Gasteiger partial charge in [0.2, 0.25) is 0 Å². The zero-order valence-corrected chi connectivity index (χ0v) is 15.3. The lowest BCUT2D eigenvalue weighted by atomic mass is 10.1. The van der Waals surface area contributed by atoms with Crippen molar-refractivity contribution >= 4 is 17.0 Å². The van der Waals surface area contributed by atoms with E-state index >= 15 is 0 Å². The standard InChI is InChI=1S/C18H18F3N5O2/c1-3-28-14(27)9-26-17-15(16(24-26)10-4-5-10)11(18(19,20)21)8-13(22-17)12-6-7-25(2)23-12/h6-8,10H,3-5,9H2,1-2H3. The van der Waals surface area contributed by atoms with Crippen LogP contribution in [0.2, 0.25) is 0 Å². The fourth-order valence-corrected chi connectivity index (χ4v) is 3.19. The van der Waals surface area contributed by atoms with Crippen LogP contribution in [0.25, 0.3) is 22.4 Å². The number of hydrogen-bond acceptors (Lipinski definition) is 5. The number of carbonyl (C=O) groups excluding carboxylic acids is 1. The van der Waals surface area contributed by atoms with Crippen molar-refractivity contribution in [2.24, 2.45) is 7.05 Å². The normalized spacial score (nSPS) is 14.6. The van der Waals surface area contributed by atoms with E-state index in [1.807, 2.05) is 0 Å². The monoisotopic (exact) mass is 393 g/mol. The number of alkyl halides is 3. The third kappa shape index (κ3) is 3.34. The van der Waals surface area contributed by atoms with Gasteiger partial charge < -0.3 is 4.74 Å². The maximum atomic E-state index is 13.9. The first-order chi connectivity index (χ1) is 13.3. The molecular weight excluding hydrogens is 375 g/mol. The summed E-state index contributed by atoms with van der Waals surface area (Å²) in [4.78, 5) is 16.3. The smallest absolute Gasteiger partial charge is 0.417 e. The number of ether oxygens (including phenoxy) is 1. The van der Waals surface area contributed by atoms with Gasteiger partial charge in [0.25, 0.3) is 0 Å². The van der Waals surface area contributed by atoms with E-state index in [1.165, 1.54) is 9.36 Å². The zero-order chi connectivity index (χ0) is 20.1. The number of esters is 1. The highest BCUT2D eigenvalue weighted by Crippen LogP contribution is 2.46. The Labute approximate surface area is 158 Å². The van der Waals surface area contributed by atoms with Crippen molar-refractivity contribution in [1.82, 2.24) is 24.5 Å². The van der Waals surface area contributed by atoms with Gasteiger partial charge in [-0.05, 0) is 31.9 Å². The van der Waals surface area contributed by atoms with Gasteiger partial charge in [-0.25, -0.2) is 9.67 Å². The zero-order valence-electron chi connectivity index (χ0n) is 15.3. The second-order valence-electron chi connectivity index (χ2n) is 6.75. The highest BCUT2D eigenvalue weighted by atomic mass is 19.4. The molecule has 0 radical (unpaired) electrons. The number of fused-ring (bicyclic) bond motifs is 1. The minimum Gasteiger partial charge on any atom is -0.465 e. The summed E-state index contributed by atoms with van der Waals surface area (Å²) in [6.07, 6.45) is -1.43. The molecule has 10 heteroatoms. The molecule has 3 aromatic heterocycles. The third-order valence-electron chi connectivity index (χ3n) is 4.56. The van der Waals surface area contributed by atoms with Crippen molar-refractivity contribution < 1.29 is 22.7 Å². The molecule has 0 atom stereocenters. The van der Waals surface area contributed by atoms with E-state index in [0.29, 0.717) is 11.4 Å². The molecule has 3 aromatic rings. The largest absolute Gasteiger partial charge is 0.465 e. The summed E-state index contributed by atoms with van der Waals surface area (Å²) in [5.74, 6) is -0.623. The molecule has 7 nitrogen and oxygen atoms in total. The number of halogens is 3. The average Bonchev–Trinajstić information content (AvgIpc) is 3.28. The predicted octanol–water partition coefficient (Wildman–Crippen LogP) is 3.29. The molecule has 1 aliphatic carbocycles. The van der Waals surface area contributed by atoms with Gasteiger partial charge in [0.15, 0.2) is 5.65 Å². The minimum atomic E-state index is -4.59. The van der Waals surface area contributed by atoms with Gasteiger partial charge in [0.1, 0.15) is 12.2 Å². The number of carbonyl (C=O) groups is 1. The Balaban J connectivity index is 1.95. The summed E-state index contributed by atoms with van der Waals surface area (Å²) in [6, 6.07) is 2.59. The fourth-order valence-electron chi connectivity index (χ4n) is 3.19. The van der Waals surface area contributed by atoms with Crippen molar-refractivity contribution in [3.05, 3.63) is 29.6 Å². The molecule has 148 valence electrons. The molecule has 0 bridgehead atoms. The van der Waals surface area contributed by atoms with Crippen LogP contribution in [0.15, 0.2) is 18.3 Å². The molecule has 0 aliphatic heterocycles. The van der Waals surface area contributed by atoms with E-state index in [2.05, 4.69) is 15.2 Å². The van der Waals surface area contributed by atoms with Gasteiger partial charge in [0, 0.05) is 19.2 Å². The highest BCUT2D eigenvalue weighted by Gasteiger charge is 2.39. The molecule has 1 aliphatic rings. The fraction of sp³-hybridized carbons (Fsp3) is 0.444. The molecule has 0 N–H and O–H groups in total. The van der Waals surface area contributed by atoms with E-state index < -0.39 is 17.7 Å². The number of hydrogen-bond donors (Lipinski definition) is 0. The summed E-state index contributed by atoms with van der Waals surface area (Å²) in [5, 5.41) is 8.42. The quantitative estimate of drug-likeness (QED) is 0.622. The second kappa shape index (κ2) is 6.61. The SMILES string of the molecule is CCOC(=O)Cn1nc(C2CC2)c2c(C(F)(F)F)cc(-c3ccn(C)n3)nc21. The maximum absolute atomic E-state index is 13.9. The Bertz CT molecular complexity index is 1050. The van der Waals surface area contributed by atoms with Gasteiger partial charge >= 0.3 is 12.1 Å². The van der Waals surface area contributed by atoms with Crippen molar-refractivity contribution in [1.29, 1.82) is 0 Å². The molecule has 1 fully saturated rings. The summed E-state index contributed by atoms with van der Waals surface area (Å²) < 4.78 is 49.3. The molecule has 0 unspecified atom stereocenters. The Morgan fingerprint density at radius 2 is 2.04 bits per heavy atom. The summed E-state index contributed by atoms with van der Waals surface area (Å²) in [5.41, 5.74) is -0.0631. The van der Waals surface area contributed by atoms with Gasteiger partial charge in [-0.15, -0.1) is 0 Å². The van der Waals surface area contributed by atoms with Crippen LogP contribution >= 0.6 is 0 Å². The van der Waals surface area contributed by atoms with Crippen LogP contribution in [0.3, 0.4) is 0 Å². The number of aryl methyl sites for hydroxylation is 1. The van der Waals surface area contributed by atoms with Crippen molar-refractivity contribution in [2.75, 3.05) is 6.61 Å². The first-order valence-electron chi connectivity index (χ1n) is 8.92. The van der Waals surface area contributed by atoms with Crippen LogP contribution in [0.1, 0.15) is 36.9 Å². The minimum absolute atomic E-state index is 0.0189. The highest BCUT2D eigenvalue weighted by molar-refractivity contribution is 5.87. The predicted molar refractivity (Wildman–Crippen MR) is 93.3 cm³/mol. The van der Waals surface area contributed by atoms with Gasteiger partial charge in [0.05, 0.1) is 28.9 Å². The maximum Gasteiger partial charge on any atom is 0.417 e. The Kier molecular flexibility index (Phi) is 4.35. The van der Waals surface area contributed by atoms with Crippen LogP contribution in [0, 0.1) is 0 Å². The first-order valence-corrected chi connectivity index (χ1v) is 8.92. The lowest BCUT2D eigenvalue weighted by Crippen LogP contribution is -2.15. The number of aromatic nitrogens is 5. The average molecular weight is 393 g/mol. The summed E-state index contributed by atoms with van der Waals surface area (Å²) in [6.45, 7) is 1.54. The lowest BCUT2D eigenvalue weighted by molar-refractivity contribution is -0.144. The molecule has 28 heavy (non-hydrogen) atoms. The number of pyridine rings is 1. The van der Waals surface area contributed by atoms with E-state index in [9.17, 15) is 18.0 Å². The number of rotatable bonds is 5. The molecule has 1 saturated carbocycles. The molecule has 0 spiro atoms. The first kappa shape index (κ1) is 18.5. The van der Waals surface area contributed by atoms with Crippen LogP contribution in [-0.2, 0) is 29.3 Å². The van der Waals surface area contributed by atoms with Crippen LogP contribution < -0.4 is 0 Å². The summed E-state index contributed by atoms with van der Waals surface area (Å²) in [7, 11) is 1.67. The molecule has 3 heterocycles. The molecular formula is C18H18F3N5O2. The number of nitrogens with zero attached hydrogens (tertiary/aromatic N) is 5. The lowest BCUT2D eigenvalue weighted by Gasteiger charge is -2.11. The van der Waals surface area contributed by atoms with Gasteiger partial charge in [-0.1, -0.05) is 0 Å². The third-order valence-corrected chi connectivity index (χ3v) is 4.56. The van der Waals surface area contributed by atoms with Crippen molar-refractivity contribution in [3.63, 3.8) is 0 Å². The Morgan fingerprint density at radius 1 is 1.29 bits per heavy atom. The molecule has 0 amide bonds. The molecule has 4 rings (SSSR count). The van der Waals surface area contributed by atoms with Crippen molar-refractivity contribution in [2.45, 2.75) is 38.4 Å². The summed E-state index contributed by atoms with van der Waals surface area (Å²) >= 11 is 0. The second-order valence-corrected chi connectivity index (χ2v) is 6.75. The van der Waals surface area contributed by atoms with E-state index in [-0.39, 0.29) is 35.8 Å². The van der Waals surface area contributed by atoms with Crippen LogP contribution in [0.5, 0.6) is 0 Å². The molecule has 0 saturated heterocycles. The van der Waals surface area contributed by atoms with E-state index in [4.69, 9.17) is 4.74 Å². The molecule has 0 aromatic carbocycles. The van der Waals surface area contributed by atoms with Crippen LogP contribution in [0.4, 0.5) is 13.2 Å². The Morgan fingerprint density at radius 3 is 2.61 bits per heavy atom. The van der Waals surface area contributed by atoms with E-state index in [1.54, 1.807) is 26.2 Å². The van der Waals surface area contributed by atoms with Gasteiger partial charge in [-0.3, -0.25) is 9.48 Å². The van der Waals surface area contributed by atoms with Crippen LogP contribution in [-0.4, -0.2) is 37.1 Å². The Hall–Kier alpha value is -2.91.